The molecule has 0 bridgehead atoms. The van der Waals surface area contributed by atoms with Crippen LogP contribution in [0.2, 0.25) is 0 Å². The number of hydrogen-bond donors (Lipinski definition) is 0. The lowest BCUT2D eigenvalue weighted by Crippen LogP contribution is -2.39. The molecule has 0 aromatic heterocycles. The predicted octanol–water partition coefficient (Wildman–Crippen LogP) is 2.33. The number of rotatable bonds is 4. The number of hydrogen-bond acceptors (Lipinski definition) is 5. The maximum atomic E-state index is 12.2. The average Bonchev–Trinajstić information content (AvgIpc) is 3.05. The van der Waals surface area contributed by atoms with E-state index in [0.29, 0.717) is 5.17 Å². The molecule has 8 heteroatoms. The highest BCUT2D eigenvalue weighted by atomic mass is 32.2. The summed E-state index contributed by atoms with van der Waals surface area (Å²) in [4.78, 5) is 18.1. The number of fused-ring (bicyclic) bond motifs is 1. The summed E-state index contributed by atoms with van der Waals surface area (Å²) in [5, 5.41) is 9.13. The van der Waals surface area contributed by atoms with E-state index in [-0.39, 0.29) is 29.2 Å². The Hall–Kier alpha value is -1.85. The first kappa shape index (κ1) is 18.9. The number of para-hydroxylation sites is 1. The van der Waals surface area contributed by atoms with Gasteiger partial charge in [0.25, 0.3) is 5.91 Å². The third kappa shape index (κ3) is 3.51. The van der Waals surface area contributed by atoms with Crippen LogP contribution in [-0.2, 0) is 27.5 Å². The molecular formula is C18H21N3O3S2. The smallest absolute Gasteiger partial charge is 0.262 e. The zero-order valence-electron chi connectivity index (χ0n) is 14.8. The number of sulfone groups is 1. The van der Waals surface area contributed by atoms with Crippen molar-refractivity contribution in [1.82, 2.24) is 0 Å². The topological polar surface area (TPSA) is 90.6 Å². The van der Waals surface area contributed by atoms with Gasteiger partial charge in [-0.15, -0.1) is 0 Å². The van der Waals surface area contributed by atoms with E-state index in [1.807, 2.05) is 29.2 Å². The van der Waals surface area contributed by atoms with Crippen molar-refractivity contribution in [3.63, 3.8) is 0 Å². The van der Waals surface area contributed by atoms with E-state index < -0.39 is 15.7 Å². The molecule has 26 heavy (non-hydrogen) atoms. The van der Waals surface area contributed by atoms with Crippen molar-refractivity contribution in [1.29, 1.82) is 5.26 Å². The van der Waals surface area contributed by atoms with Gasteiger partial charge >= 0.3 is 0 Å². The van der Waals surface area contributed by atoms with Crippen LogP contribution in [-0.4, -0.2) is 42.3 Å². The van der Waals surface area contributed by atoms with Gasteiger partial charge in [0.1, 0.15) is 6.42 Å². The zero-order chi connectivity index (χ0) is 18.9. The molecule has 2 aliphatic rings. The summed E-state index contributed by atoms with van der Waals surface area (Å²) in [5.74, 6) is -0.327. The Morgan fingerprint density at radius 2 is 1.96 bits per heavy atom. The van der Waals surface area contributed by atoms with E-state index in [2.05, 4.69) is 18.8 Å². The fourth-order valence-corrected chi connectivity index (χ4v) is 7.48. The molecule has 1 aromatic carbocycles. The first-order valence-electron chi connectivity index (χ1n) is 8.65. The Bertz CT molecular complexity index is 880. The van der Waals surface area contributed by atoms with Crippen LogP contribution in [0.25, 0.3) is 0 Å². The second kappa shape index (κ2) is 7.41. The van der Waals surface area contributed by atoms with Gasteiger partial charge in [0.05, 0.1) is 23.6 Å². The molecule has 0 radical (unpaired) electrons. The normalized spacial score (nSPS) is 25.3. The Morgan fingerprint density at radius 1 is 1.31 bits per heavy atom. The monoisotopic (exact) mass is 391 g/mol. The molecule has 0 aliphatic carbocycles. The predicted molar refractivity (Wildman–Crippen MR) is 104 cm³/mol. The van der Waals surface area contributed by atoms with E-state index in [1.165, 1.54) is 11.8 Å². The summed E-state index contributed by atoms with van der Waals surface area (Å²) >= 11 is 1.35. The Labute approximate surface area is 158 Å². The van der Waals surface area contributed by atoms with Crippen LogP contribution in [0.3, 0.4) is 0 Å². The zero-order valence-corrected chi connectivity index (χ0v) is 16.4. The van der Waals surface area contributed by atoms with Crippen molar-refractivity contribution in [2.45, 2.75) is 44.4 Å². The maximum Gasteiger partial charge on any atom is 0.262 e. The Morgan fingerprint density at radius 3 is 2.54 bits per heavy atom. The molecule has 0 spiro atoms. The molecule has 2 atom stereocenters. The number of aryl methyl sites for hydroxylation is 2. The van der Waals surface area contributed by atoms with Crippen LogP contribution < -0.4 is 4.90 Å². The minimum Gasteiger partial charge on any atom is -0.315 e. The number of nitrogens with zero attached hydrogens (tertiary/aromatic N) is 3. The number of aliphatic imine (C=N–C) groups is 1. The molecule has 2 saturated heterocycles. The van der Waals surface area contributed by atoms with Crippen molar-refractivity contribution < 1.29 is 13.2 Å². The van der Waals surface area contributed by atoms with Gasteiger partial charge in [-0.1, -0.05) is 43.8 Å². The molecule has 6 nitrogen and oxygen atoms in total. The highest BCUT2D eigenvalue weighted by molar-refractivity contribution is 8.16. The van der Waals surface area contributed by atoms with Crippen molar-refractivity contribution in [2.24, 2.45) is 4.99 Å². The van der Waals surface area contributed by atoms with Gasteiger partial charge in [-0.2, -0.15) is 10.3 Å². The fraction of sp³-hybridized carbons (Fsp3) is 0.500. The van der Waals surface area contributed by atoms with Crippen LogP contribution in [0.1, 0.15) is 31.4 Å². The van der Waals surface area contributed by atoms with Gasteiger partial charge < -0.3 is 4.90 Å². The molecule has 0 unspecified atom stereocenters. The van der Waals surface area contributed by atoms with E-state index in [4.69, 9.17) is 5.26 Å². The lowest BCUT2D eigenvalue weighted by atomic mass is 10.0. The molecule has 3 rings (SSSR count). The highest BCUT2D eigenvalue weighted by Crippen LogP contribution is 2.43. The number of nitriles is 1. The molecule has 2 heterocycles. The fourth-order valence-electron chi connectivity index (χ4n) is 3.56. The quantitative estimate of drug-likeness (QED) is 0.782. The minimum absolute atomic E-state index is 0.0668. The number of benzene rings is 1. The summed E-state index contributed by atoms with van der Waals surface area (Å²) in [6.45, 7) is 4.12. The van der Waals surface area contributed by atoms with Crippen molar-refractivity contribution in [3.8, 4) is 6.07 Å². The number of anilines is 1. The summed E-state index contributed by atoms with van der Waals surface area (Å²) in [6.07, 6.45) is 1.32. The summed E-state index contributed by atoms with van der Waals surface area (Å²) in [6, 6.07) is 7.67. The number of amidine groups is 1. The van der Waals surface area contributed by atoms with E-state index in [1.54, 1.807) is 0 Å². The number of thioether (sulfide) groups is 1. The minimum atomic E-state index is -3.10. The Kier molecular flexibility index (Phi) is 5.39. The molecule has 2 aliphatic heterocycles. The first-order valence-corrected chi connectivity index (χ1v) is 11.4. The van der Waals surface area contributed by atoms with Gasteiger partial charge in [0, 0.05) is 10.9 Å². The van der Waals surface area contributed by atoms with Crippen molar-refractivity contribution >= 4 is 38.4 Å². The molecule has 0 saturated carbocycles. The maximum absolute atomic E-state index is 12.2. The molecule has 0 N–H and O–H groups in total. The highest BCUT2D eigenvalue weighted by Gasteiger charge is 2.50. The molecule has 138 valence electrons. The second-order valence-corrected chi connectivity index (χ2v) is 9.79. The molecule has 1 aromatic rings. The van der Waals surface area contributed by atoms with E-state index in [0.717, 1.165) is 29.7 Å². The standard InChI is InChI=1S/C18H21N3O3S2/c1-3-12-6-5-7-13(4-2)17(12)21-14-10-26(23,24)11-15(14)25-18(21)20-16(22)8-9-19/h5-7,14-15H,3-4,8,10-11H2,1-2H3/t14-,15+/m0/s1. The van der Waals surface area contributed by atoms with Crippen LogP contribution in [0.5, 0.6) is 0 Å². The molecule has 2 fully saturated rings. The van der Waals surface area contributed by atoms with Gasteiger partial charge in [-0.3, -0.25) is 4.79 Å². The van der Waals surface area contributed by atoms with Gasteiger partial charge in [0.15, 0.2) is 15.0 Å². The van der Waals surface area contributed by atoms with Gasteiger partial charge in [-0.25, -0.2) is 8.42 Å². The number of carbonyl (C=O) groups excluding carboxylic acids is 1. The molecule has 1 amide bonds. The van der Waals surface area contributed by atoms with E-state index >= 15 is 0 Å². The van der Waals surface area contributed by atoms with E-state index in [9.17, 15) is 13.2 Å². The van der Waals surface area contributed by atoms with Crippen molar-refractivity contribution in [2.75, 3.05) is 16.4 Å². The van der Waals surface area contributed by atoms with Crippen LogP contribution in [0.15, 0.2) is 23.2 Å². The van der Waals surface area contributed by atoms with Crippen LogP contribution in [0, 0.1) is 11.3 Å². The average molecular weight is 392 g/mol. The summed E-state index contributed by atoms with van der Waals surface area (Å²) in [7, 11) is -3.10. The second-order valence-electron chi connectivity index (χ2n) is 6.43. The first-order chi connectivity index (χ1) is 12.4. The Balaban J connectivity index is 2.13. The van der Waals surface area contributed by atoms with Crippen LogP contribution >= 0.6 is 11.8 Å². The van der Waals surface area contributed by atoms with Crippen LogP contribution in [0.4, 0.5) is 5.69 Å². The largest absolute Gasteiger partial charge is 0.315 e. The third-order valence-electron chi connectivity index (χ3n) is 4.72. The SMILES string of the molecule is CCc1cccc(CC)c1N1C(=NC(=O)CC#N)S[C@@H]2CS(=O)(=O)C[C@@H]21. The number of amides is 1. The summed E-state index contributed by atoms with van der Waals surface area (Å²) in [5.41, 5.74) is 3.18. The van der Waals surface area contributed by atoms with Gasteiger partial charge in [0.2, 0.25) is 0 Å². The molecular weight excluding hydrogens is 370 g/mol. The lowest BCUT2D eigenvalue weighted by Gasteiger charge is -2.29. The number of carbonyl (C=O) groups is 1. The summed E-state index contributed by atoms with van der Waals surface area (Å²) < 4.78 is 24.3. The lowest BCUT2D eigenvalue weighted by molar-refractivity contribution is -0.116. The van der Waals surface area contributed by atoms with Gasteiger partial charge in [-0.05, 0) is 24.0 Å². The van der Waals surface area contributed by atoms with Crippen molar-refractivity contribution in [3.05, 3.63) is 29.3 Å². The third-order valence-corrected chi connectivity index (χ3v) is 7.93.